The van der Waals surface area contributed by atoms with Gasteiger partial charge in [0.15, 0.2) is 6.04 Å². The molecule has 0 bridgehead atoms. The van der Waals surface area contributed by atoms with Crippen LogP contribution in [0, 0.1) is 5.82 Å². The van der Waals surface area contributed by atoms with Crippen LogP contribution in [-0.2, 0) is 6.54 Å². The standard InChI is InChI=1S/C21H24ClFN6/c1-2-27-11-13-28(14-12-27)20(18-5-3-4-6-19(18)22)21-24-25-26-29(21)15-16-7-9-17(23)10-8-16/h3-10,20H,2,11-15H2,1H3/p+2/t20-/m0/s1. The van der Waals surface area contributed by atoms with Crippen molar-refractivity contribution in [2.45, 2.75) is 19.5 Å². The Morgan fingerprint density at radius 2 is 1.79 bits per heavy atom. The van der Waals surface area contributed by atoms with Crippen LogP contribution in [0.3, 0.4) is 0 Å². The number of nitrogens with zero attached hydrogens (tertiary/aromatic N) is 4. The fourth-order valence-electron chi connectivity index (χ4n) is 4.11. The molecule has 2 heterocycles. The van der Waals surface area contributed by atoms with Gasteiger partial charge in [0, 0.05) is 5.56 Å². The Bertz CT molecular complexity index is 936. The van der Waals surface area contributed by atoms with Crippen molar-refractivity contribution in [3.63, 3.8) is 0 Å². The monoisotopic (exact) mass is 416 g/mol. The van der Waals surface area contributed by atoms with Crippen LogP contribution in [0.1, 0.15) is 29.9 Å². The average Bonchev–Trinajstić information content (AvgIpc) is 3.19. The van der Waals surface area contributed by atoms with Crippen LogP contribution in [0.4, 0.5) is 4.39 Å². The van der Waals surface area contributed by atoms with Crippen LogP contribution in [0.15, 0.2) is 48.5 Å². The van der Waals surface area contributed by atoms with Gasteiger partial charge in [0.2, 0.25) is 5.82 Å². The summed E-state index contributed by atoms with van der Waals surface area (Å²) in [5.41, 5.74) is 1.99. The molecule has 0 unspecified atom stereocenters. The zero-order chi connectivity index (χ0) is 20.2. The molecule has 4 rings (SSSR count). The highest BCUT2D eigenvalue weighted by atomic mass is 35.5. The van der Waals surface area contributed by atoms with Crippen LogP contribution in [0.25, 0.3) is 0 Å². The van der Waals surface area contributed by atoms with Crippen LogP contribution < -0.4 is 9.80 Å². The van der Waals surface area contributed by atoms with Crippen molar-refractivity contribution in [3.8, 4) is 0 Å². The second-order valence-corrected chi connectivity index (χ2v) is 7.94. The zero-order valence-electron chi connectivity index (χ0n) is 16.5. The molecule has 1 fully saturated rings. The molecule has 1 aliphatic heterocycles. The molecule has 29 heavy (non-hydrogen) atoms. The topological polar surface area (TPSA) is 52.5 Å². The molecule has 6 nitrogen and oxygen atoms in total. The van der Waals surface area contributed by atoms with E-state index in [1.165, 1.54) is 17.0 Å². The molecule has 0 radical (unpaired) electrons. The van der Waals surface area contributed by atoms with Gasteiger partial charge in [0.05, 0.1) is 18.1 Å². The Morgan fingerprint density at radius 3 is 2.48 bits per heavy atom. The van der Waals surface area contributed by atoms with E-state index in [9.17, 15) is 4.39 Å². The first-order chi connectivity index (χ1) is 14.2. The summed E-state index contributed by atoms with van der Waals surface area (Å²) in [6.45, 7) is 8.16. The molecule has 0 saturated carbocycles. The molecule has 1 atom stereocenters. The number of rotatable bonds is 6. The maximum atomic E-state index is 13.3. The van der Waals surface area contributed by atoms with E-state index in [1.54, 1.807) is 17.0 Å². The highest BCUT2D eigenvalue weighted by Crippen LogP contribution is 2.25. The van der Waals surface area contributed by atoms with Gasteiger partial charge in [-0.2, -0.15) is 0 Å². The molecule has 3 aromatic rings. The number of hydrogen-bond donors (Lipinski definition) is 2. The van der Waals surface area contributed by atoms with Gasteiger partial charge in [-0.15, -0.1) is 5.10 Å². The normalized spacial score (nSPS) is 20.5. The lowest BCUT2D eigenvalue weighted by atomic mass is 10.0. The predicted molar refractivity (Wildman–Crippen MR) is 109 cm³/mol. The molecular formula is C21H26ClFN6+2. The van der Waals surface area contributed by atoms with E-state index in [0.29, 0.717) is 6.54 Å². The summed E-state index contributed by atoms with van der Waals surface area (Å²) in [6.07, 6.45) is 0. The lowest BCUT2D eigenvalue weighted by molar-refractivity contribution is -1.02. The van der Waals surface area contributed by atoms with E-state index in [0.717, 1.165) is 54.7 Å². The summed E-state index contributed by atoms with van der Waals surface area (Å²) < 4.78 is 15.1. The van der Waals surface area contributed by atoms with Crippen LogP contribution in [0.5, 0.6) is 0 Å². The Kier molecular flexibility index (Phi) is 6.18. The highest BCUT2D eigenvalue weighted by molar-refractivity contribution is 6.31. The lowest BCUT2D eigenvalue weighted by Crippen LogP contribution is -3.28. The van der Waals surface area contributed by atoms with Crippen molar-refractivity contribution in [3.05, 3.63) is 76.3 Å². The molecule has 0 amide bonds. The minimum atomic E-state index is -0.250. The largest absolute Gasteiger partial charge is 0.326 e. The van der Waals surface area contributed by atoms with Crippen LogP contribution in [0.2, 0.25) is 5.02 Å². The number of nitrogens with one attached hydrogen (secondary N) is 2. The summed E-state index contributed by atoms with van der Waals surface area (Å²) in [7, 11) is 0. The predicted octanol–water partition coefficient (Wildman–Crippen LogP) is 0.407. The van der Waals surface area contributed by atoms with Crippen LogP contribution in [-0.4, -0.2) is 52.9 Å². The van der Waals surface area contributed by atoms with Crippen molar-refractivity contribution in [2.75, 3.05) is 32.7 Å². The van der Waals surface area contributed by atoms with Crippen molar-refractivity contribution in [2.24, 2.45) is 0 Å². The number of hydrogen-bond acceptors (Lipinski definition) is 3. The van der Waals surface area contributed by atoms with Gasteiger partial charge < -0.3 is 9.80 Å². The van der Waals surface area contributed by atoms with Gasteiger partial charge in [-0.05, 0) is 41.1 Å². The number of aromatic nitrogens is 4. The minimum absolute atomic E-state index is 0.0439. The molecule has 1 saturated heterocycles. The molecule has 1 aliphatic rings. The van der Waals surface area contributed by atoms with Gasteiger partial charge in [0.25, 0.3) is 0 Å². The third kappa shape index (κ3) is 4.47. The first-order valence-corrected chi connectivity index (χ1v) is 10.5. The summed E-state index contributed by atoms with van der Waals surface area (Å²) in [5.74, 6) is 0.540. The van der Waals surface area contributed by atoms with E-state index >= 15 is 0 Å². The van der Waals surface area contributed by atoms with E-state index in [-0.39, 0.29) is 11.9 Å². The first kappa shape index (κ1) is 19.9. The molecule has 8 heteroatoms. The number of benzene rings is 2. The Balaban J connectivity index is 1.68. The molecule has 2 aromatic carbocycles. The SMILES string of the molecule is CC[NH+]1CC[NH+]([C@@H](c2ccccc2Cl)c2nnnn2Cc2ccc(F)cc2)CC1. The van der Waals surface area contributed by atoms with E-state index in [1.807, 2.05) is 22.9 Å². The van der Waals surface area contributed by atoms with Crippen molar-refractivity contribution in [1.82, 2.24) is 20.2 Å². The molecule has 0 spiro atoms. The fraction of sp³-hybridized carbons (Fsp3) is 0.381. The number of halogens is 2. The fourth-order valence-corrected chi connectivity index (χ4v) is 4.36. The third-order valence-electron chi connectivity index (χ3n) is 5.79. The molecule has 1 aromatic heterocycles. The molecular weight excluding hydrogens is 391 g/mol. The number of tetrazole rings is 1. The maximum absolute atomic E-state index is 13.3. The van der Waals surface area contributed by atoms with Gasteiger partial charge in [-0.1, -0.05) is 41.9 Å². The summed E-state index contributed by atoms with van der Waals surface area (Å²) >= 11 is 6.60. The van der Waals surface area contributed by atoms with Crippen molar-refractivity contribution < 1.29 is 14.2 Å². The van der Waals surface area contributed by atoms with E-state index in [2.05, 4.69) is 28.5 Å². The van der Waals surface area contributed by atoms with Crippen LogP contribution >= 0.6 is 11.6 Å². The van der Waals surface area contributed by atoms with Crippen molar-refractivity contribution in [1.29, 1.82) is 0 Å². The number of likely N-dealkylation sites (N-methyl/N-ethyl adjacent to an activating group) is 1. The second kappa shape index (κ2) is 8.98. The van der Waals surface area contributed by atoms with E-state index in [4.69, 9.17) is 11.6 Å². The average molecular weight is 417 g/mol. The highest BCUT2D eigenvalue weighted by Gasteiger charge is 2.36. The first-order valence-electron chi connectivity index (χ1n) is 10.1. The van der Waals surface area contributed by atoms with E-state index < -0.39 is 0 Å². The second-order valence-electron chi connectivity index (χ2n) is 7.54. The summed E-state index contributed by atoms with van der Waals surface area (Å²) in [4.78, 5) is 3.04. The van der Waals surface area contributed by atoms with Gasteiger partial charge in [-0.25, -0.2) is 9.07 Å². The summed E-state index contributed by atoms with van der Waals surface area (Å²) in [5, 5.41) is 13.3. The Morgan fingerprint density at radius 1 is 1.07 bits per heavy atom. The van der Waals surface area contributed by atoms with Gasteiger partial charge in [0.1, 0.15) is 32.0 Å². The van der Waals surface area contributed by atoms with Crippen molar-refractivity contribution >= 4 is 11.6 Å². The number of quaternary nitrogens is 2. The molecule has 0 aliphatic carbocycles. The third-order valence-corrected chi connectivity index (χ3v) is 6.13. The maximum Gasteiger partial charge on any atom is 0.214 e. The zero-order valence-corrected chi connectivity index (χ0v) is 17.2. The summed E-state index contributed by atoms with van der Waals surface area (Å²) in [6, 6.07) is 14.3. The minimum Gasteiger partial charge on any atom is -0.326 e. The lowest BCUT2D eigenvalue weighted by Gasteiger charge is -2.34. The Hall–Kier alpha value is -2.35. The quantitative estimate of drug-likeness (QED) is 0.612. The smallest absolute Gasteiger partial charge is 0.214 e. The van der Waals surface area contributed by atoms with Gasteiger partial charge >= 0.3 is 0 Å². The van der Waals surface area contributed by atoms with Gasteiger partial charge in [-0.3, -0.25) is 0 Å². The number of piperazine rings is 1. The molecule has 2 N–H and O–H groups in total. The Labute approximate surface area is 174 Å². The molecule has 152 valence electrons.